The van der Waals surface area contributed by atoms with E-state index in [1.807, 2.05) is 0 Å². The number of phosphoric acid groups is 1. The van der Waals surface area contributed by atoms with Gasteiger partial charge in [0.05, 0.1) is 0 Å². The Balaban J connectivity index is -0.000000212. The minimum Gasteiger partial charge on any atom is -0.303 e. The Morgan fingerprint density at radius 3 is 1.28 bits per heavy atom. The zero-order valence-corrected chi connectivity index (χ0v) is 11.4. The van der Waals surface area contributed by atoms with E-state index < -0.39 is 21.1 Å². The van der Waals surface area contributed by atoms with Gasteiger partial charge in [-0.3, -0.25) is 4.79 Å². The fourth-order valence-corrected chi connectivity index (χ4v) is 0.785. The summed E-state index contributed by atoms with van der Waals surface area (Å²) in [7, 11) is -7.34. The Morgan fingerprint density at radius 2 is 1.28 bits per heavy atom. The summed E-state index contributed by atoms with van der Waals surface area (Å²) in [5.74, 6) is -0.833. The van der Waals surface area contributed by atoms with Gasteiger partial charge in [-0.05, 0) is 0 Å². The molecule has 0 bridgehead atoms. The number of hydrogen-bond donors (Lipinski definition) is 7. The molecule has 0 aromatic rings. The number of aliphatic hydroxyl groups excluding tert-OH is 3. The van der Waals surface area contributed by atoms with E-state index in [4.69, 9.17) is 44.5 Å². The molecule has 0 aliphatic rings. The largest absolute Gasteiger partial charge is 0.466 e. The molecule has 0 unspecified atom stereocenters. The van der Waals surface area contributed by atoms with Crippen LogP contribution < -0.4 is 0 Å². The number of carboxylic acids is 1. The molecule has 0 aliphatic carbocycles. The molecule has 0 aliphatic heterocycles. The second kappa shape index (κ2) is 11.6. The summed E-state index contributed by atoms with van der Waals surface area (Å²) >= 11 is 0. The van der Waals surface area contributed by atoms with E-state index in [2.05, 4.69) is 0 Å². The van der Waals surface area contributed by atoms with Crippen LogP contribution in [0.25, 0.3) is 0 Å². The van der Waals surface area contributed by atoms with Gasteiger partial charge in [-0.25, -0.2) is 4.57 Å². The molecule has 12 heteroatoms. The molecule has 7 N–H and O–H groups in total. The SMILES string of the molecule is CC(=O)O.O=C[PH](CO)(CO)CO.O=P(O)(O)O. The van der Waals surface area contributed by atoms with Gasteiger partial charge in [0, 0.05) is 6.92 Å². The molecule has 18 heavy (non-hydrogen) atoms. The van der Waals surface area contributed by atoms with Crippen LogP contribution in [-0.4, -0.2) is 66.1 Å². The summed E-state index contributed by atoms with van der Waals surface area (Å²) in [6.45, 7) is 1.08. The van der Waals surface area contributed by atoms with Gasteiger partial charge < -0.3 is 19.8 Å². The van der Waals surface area contributed by atoms with Crippen molar-refractivity contribution >= 4 is 27.1 Å². The quantitative estimate of drug-likeness (QED) is 0.224. The molecule has 0 saturated carbocycles. The number of rotatable bonds is 4. The first kappa shape index (κ1) is 22.7. The molecule has 0 saturated heterocycles. The van der Waals surface area contributed by atoms with E-state index in [1.54, 1.807) is 0 Å². The molecule has 0 spiro atoms. The maximum Gasteiger partial charge on any atom is 0.466 e. The Morgan fingerprint density at radius 1 is 1.11 bits per heavy atom. The summed E-state index contributed by atoms with van der Waals surface area (Å²) in [6.07, 6.45) is -1.16. The third-order valence-electron chi connectivity index (χ3n) is 1.19. The number of carboxylic acid groups (broad SMARTS) is 1. The molecular formula is C6H18O10P2. The molecule has 0 aromatic carbocycles. The van der Waals surface area contributed by atoms with Gasteiger partial charge in [-0.1, -0.05) is 0 Å². The third-order valence-corrected chi connectivity index (χ3v) is 3.58. The van der Waals surface area contributed by atoms with Gasteiger partial charge in [-0.15, -0.1) is 0 Å². The topological polar surface area (TPSA) is 193 Å². The smallest absolute Gasteiger partial charge is 0.303 e. The fraction of sp³-hybridized carbons (Fsp3) is 0.667. The van der Waals surface area contributed by atoms with Crippen LogP contribution in [0.15, 0.2) is 0 Å². The van der Waals surface area contributed by atoms with Crippen LogP contribution in [0.3, 0.4) is 0 Å². The Kier molecular flexibility index (Phi) is 14.7. The number of aliphatic carboxylic acids is 1. The van der Waals surface area contributed by atoms with Gasteiger partial charge in [0.25, 0.3) is 5.97 Å². The zero-order chi connectivity index (χ0) is 15.4. The summed E-state index contributed by atoms with van der Waals surface area (Å²) in [5.41, 5.74) is 0. The van der Waals surface area contributed by atoms with Crippen LogP contribution in [0.1, 0.15) is 6.92 Å². The van der Waals surface area contributed by atoms with Gasteiger partial charge in [-0.2, -0.15) is 0 Å². The Hall–Kier alpha value is -0.440. The van der Waals surface area contributed by atoms with Gasteiger partial charge in [0.2, 0.25) is 0 Å². The molecular weight excluding hydrogens is 294 g/mol. The number of carbonyl (C=O) groups excluding carboxylic acids is 1. The van der Waals surface area contributed by atoms with E-state index in [1.165, 1.54) is 0 Å². The second-order valence-corrected chi connectivity index (χ2v) is 7.92. The van der Waals surface area contributed by atoms with E-state index >= 15 is 0 Å². The Bertz CT molecular complexity index is 249. The van der Waals surface area contributed by atoms with E-state index in [-0.39, 0.29) is 19.0 Å². The number of hydrogen-bond acceptors (Lipinski definition) is 6. The van der Waals surface area contributed by atoms with Crippen LogP contribution in [0.4, 0.5) is 0 Å². The summed E-state index contributed by atoms with van der Waals surface area (Å²) in [6, 6.07) is 0.493. The monoisotopic (exact) mass is 312 g/mol. The van der Waals surface area contributed by atoms with Crippen LogP contribution in [0.2, 0.25) is 0 Å². The van der Waals surface area contributed by atoms with Gasteiger partial charge in [0.15, 0.2) is 0 Å². The standard InChI is InChI=1S/C4H11O4P.C2H4O2.H3O4P/c5-1-9(2-6,3-7)4-8;1-2(3)4;1-5(2,3)4/h1,6-9H,2-4H2;1H3,(H,3,4);(H3,1,2,3,4). The maximum absolute atomic E-state index is 10.1. The summed E-state index contributed by atoms with van der Waals surface area (Å²) in [5, 5.41) is 32.9. The van der Waals surface area contributed by atoms with E-state index in [9.17, 15) is 4.79 Å². The number of aliphatic hydroxyl groups is 3. The number of carbonyl (C=O) groups is 2. The minimum absolute atomic E-state index is 0.385. The van der Waals surface area contributed by atoms with Crippen molar-refractivity contribution in [1.82, 2.24) is 0 Å². The first-order chi connectivity index (χ1) is 7.97. The summed E-state index contributed by atoms with van der Waals surface area (Å²) in [4.78, 5) is 40.7. The van der Waals surface area contributed by atoms with Crippen LogP contribution in [-0.2, 0) is 14.2 Å². The predicted molar refractivity (Wildman–Crippen MR) is 63.9 cm³/mol. The summed E-state index contributed by atoms with van der Waals surface area (Å²) < 4.78 is 8.88. The van der Waals surface area contributed by atoms with Crippen molar-refractivity contribution in [2.45, 2.75) is 6.92 Å². The average Bonchev–Trinajstić information content (AvgIpc) is 2.19. The molecule has 0 atom stereocenters. The first-order valence-corrected chi connectivity index (χ1v) is 8.51. The Labute approximate surface area is 103 Å². The zero-order valence-electron chi connectivity index (χ0n) is 9.50. The first-order valence-electron chi connectivity index (χ1n) is 4.24. The fourth-order valence-electron chi connectivity index (χ4n) is 0.262. The molecule has 10 nitrogen and oxygen atoms in total. The average molecular weight is 312 g/mol. The minimum atomic E-state index is -4.64. The molecule has 0 heterocycles. The molecule has 0 aromatic heterocycles. The predicted octanol–water partition coefficient (Wildman–Crippen LogP) is -2.06. The van der Waals surface area contributed by atoms with Crippen molar-refractivity contribution in [3.05, 3.63) is 0 Å². The van der Waals surface area contributed by atoms with Crippen molar-refractivity contribution in [3.8, 4) is 0 Å². The normalized spacial score (nSPS) is 11.3. The van der Waals surface area contributed by atoms with Crippen molar-refractivity contribution < 1.29 is 49.3 Å². The third kappa shape index (κ3) is 24.7. The van der Waals surface area contributed by atoms with Crippen LogP contribution in [0, 0.1) is 0 Å². The van der Waals surface area contributed by atoms with Crippen molar-refractivity contribution in [2.75, 3.05) is 19.0 Å². The molecule has 0 radical (unpaired) electrons. The molecule has 0 amide bonds. The molecule has 112 valence electrons. The van der Waals surface area contributed by atoms with Crippen LogP contribution >= 0.6 is 15.1 Å². The van der Waals surface area contributed by atoms with E-state index in [0.29, 0.717) is 6.03 Å². The molecule has 0 fully saturated rings. The van der Waals surface area contributed by atoms with Crippen molar-refractivity contribution in [3.63, 3.8) is 0 Å². The maximum atomic E-state index is 10.1. The van der Waals surface area contributed by atoms with E-state index in [0.717, 1.165) is 6.92 Å². The van der Waals surface area contributed by atoms with Crippen molar-refractivity contribution in [1.29, 1.82) is 0 Å². The second-order valence-electron chi connectivity index (χ2n) is 2.99. The van der Waals surface area contributed by atoms with Gasteiger partial charge in [0.1, 0.15) is 0 Å². The van der Waals surface area contributed by atoms with Crippen LogP contribution in [0.5, 0.6) is 0 Å². The molecule has 0 rings (SSSR count). The van der Waals surface area contributed by atoms with Gasteiger partial charge >= 0.3 is 60.3 Å². The van der Waals surface area contributed by atoms with Crippen molar-refractivity contribution in [2.24, 2.45) is 0 Å².